The molecular formula is C34H44N4O6. The molecule has 3 aromatic rings. The number of hydrogen-bond donors (Lipinski definition) is 2. The number of benzene rings is 2. The van der Waals surface area contributed by atoms with E-state index in [-0.39, 0.29) is 24.1 Å². The Kier molecular flexibility index (Phi) is 13.0. The molecular weight excluding hydrogens is 560 g/mol. The van der Waals surface area contributed by atoms with Crippen LogP contribution in [0.1, 0.15) is 72.4 Å². The van der Waals surface area contributed by atoms with Crippen LogP contribution in [0.3, 0.4) is 0 Å². The Morgan fingerprint density at radius 2 is 1.75 bits per heavy atom. The third-order valence-corrected chi connectivity index (χ3v) is 7.13. The molecule has 1 fully saturated rings. The van der Waals surface area contributed by atoms with E-state index in [0.717, 1.165) is 61.2 Å². The molecule has 0 spiro atoms. The summed E-state index contributed by atoms with van der Waals surface area (Å²) in [4.78, 5) is 51.1. The Balaban J connectivity index is 0.000000281. The van der Waals surface area contributed by atoms with Gasteiger partial charge in [0.25, 0.3) is 0 Å². The second-order valence-electron chi connectivity index (χ2n) is 10.6. The van der Waals surface area contributed by atoms with Crippen LogP contribution in [0.4, 0.5) is 5.69 Å². The normalized spacial score (nSPS) is 13.4. The van der Waals surface area contributed by atoms with Gasteiger partial charge in [0.2, 0.25) is 11.8 Å². The maximum Gasteiger partial charge on any atom is 0.338 e. The number of carbonyl (C=O) groups is 4. The molecule has 0 unspecified atom stereocenters. The predicted octanol–water partition coefficient (Wildman–Crippen LogP) is 5.53. The van der Waals surface area contributed by atoms with Crippen LogP contribution in [0.25, 0.3) is 11.0 Å². The summed E-state index contributed by atoms with van der Waals surface area (Å²) < 4.78 is 10.5. The van der Waals surface area contributed by atoms with Crippen LogP contribution in [0.2, 0.25) is 0 Å². The van der Waals surface area contributed by atoms with E-state index in [1.165, 1.54) is 6.08 Å². The van der Waals surface area contributed by atoms with Crippen molar-refractivity contribution in [3.05, 3.63) is 77.3 Å². The lowest BCUT2D eigenvalue weighted by molar-refractivity contribution is -0.139. The largest absolute Gasteiger partial charge is 0.462 e. The summed E-state index contributed by atoms with van der Waals surface area (Å²) in [6, 6.07) is 14.1. The smallest absolute Gasteiger partial charge is 0.338 e. The van der Waals surface area contributed by atoms with Gasteiger partial charge in [0.05, 0.1) is 18.7 Å². The summed E-state index contributed by atoms with van der Waals surface area (Å²) in [5, 5.41) is 7.16. The van der Waals surface area contributed by atoms with E-state index in [1.807, 2.05) is 38.1 Å². The minimum absolute atomic E-state index is 0.0529. The number of likely N-dealkylation sites (N-methyl/N-ethyl adjacent to an activating group) is 1. The number of hydrogen-bond acceptors (Lipinski definition) is 8. The third kappa shape index (κ3) is 10.00. The lowest BCUT2D eigenvalue weighted by Gasteiger charge is -2.23. The highest BCUT2D eigenvalue weighted by atomic mass is 16.5. The van der Waals surface area contributed by atoms with Gasteiger partial charge in [-0.15, -0.1) is 0 Å². The Labute approximate surface area is 259 Å². The number of nitrogens with one attached hydrogen (secondary N) is 2. The lowest BCUT2D eigenvalue weighted by atomic mass is 10.1. The molecule has 0 atom stereocenters. The number of ether oxygens (including phenoxy) is 1. The molecule has 0 saturated carbocycles. The predicted molar refractivity (Wildman–Crippen MR) is 171 cm³/mol. The molecule has 1 saturated heterocycles. The molecule has 2 amide bonds. The minimum Gasteiger partial charge on any atom is -0.462 e. The number of nitrogens with zero attached hydrogens (tertiary/aromatic N) is 2. The molecule has 1 aromatic heterocycles. The molecule has 236 valence electrons. The average Bonchev–Trinajstić information content (AvgIpc) is 3.27. The molecule has 2 aromatic carbocycles. The summed E-state index contributed by atoms with van der Waals surface area (Å²) in [6.07, 6.45) is 6.12. The van der Waals surface area contributed by atoms with Crippen LogP contribution >= 0.6 is 0 Å². The highest BCUT2D eigenvalue weighted by Crippen LogP contribution is 2.23. The van der Waals surface area contributed by atoms with E-state index in [9.17, 15) is 19.2 Å². The monoisotopic (exact) mass is 604 g/mol. The number of anilines is 1. The van der Waals surface area contributed by atoms with Crippen molar-refractivity contribution in [2.75, 3.05) is 45.7 Å². The van der Waals surface area contributed by atoms with E-state index in [0.29, 0.717) is 30.0 Å². The van der Waals surface area contributed by atoms with Crippen molar-refractivity contribution in [1.82, 2.24) is 15.1 Å². The number of aryl methyl sites for hydroxylation is 1. The average molecular weight is 605 g/mol. The first kappa shape index (κ1) is 33.9. The van der Waals surface area contributed by atoms with Crippen LogP contribution < -0.4 is 10.6 Å². The van der Waals surface area contributed by atoms with Gasteiger partial charge in [-0.3, -0.25) is 14.4 Å². The highest BCUT2D eigenvalue weighted by molar-refractivity contribution is 6.05. The zero-order chi connectivity index (χ0) is 32.1. The van der Waals surface area contributed by atoms with Crippen LogP contribution in [0.5, 0.6) is 0 Å². The summed E-state index contributed by atoms with van der Waals surface area (Å²) in [7, 11) is 3.53. The number of fused-ring (bicyclic) bond motifs is 1. The van der Waals surface area contributed by atoms with Crippen molar-refractivity contribution in [2.24, 2.45) is 0 Å². The van der Waals surface area contributed by atoms with E-state index in [4.69, 9.17) is 9.15 Å². The van der Waals surface area contributed by atoms with Crippen molar-refractivity contribution in [1.29, 1.82) is 0 Å². The fourth-order valence-corrected chi connectivity index (χ4v) is 4.73. The van der Waals surface area contributed by atoms with Gasteiger partial charge in [-0.2, -0.15) is 0 Å². The molecule has 0 radical (unpaired) electrons. The van der Waals surface area contributed by atoms with Crippen LogP contribution in [-0.2, 0) is 14.3 Å². The fraction of sp³-hybridized carbons (Fsp3) is 0.412. The lowest BCUT2D eigenvalue weighted by Crippen LogP contribution is -2.41. The van der Waals surface area contributed by atoms with Crippen LogP contribution in [-0.4, -0.2) is 73.7 Å². The molecule has 2 heterocycles. The molecule has 1 aliphatic heterocycles. The summed E-state index contributed by atoms with van der Waals surface area (Å²) in [6.45, 7) is 7.77. The molecule has 1 aliphatic rings. The maximum absolute atomic E-state index is 12.5. The standard InChI is InChI=1S/C22H22N2O4.C12H22N2O2/c1-4-27-22(26)16-7-5-15(6-8-16)19(25)13-21(23-3)24-18-9-10-20-17(12-18)11-14(2)28-20;1-3-8-13(2)12(16)10-14-9-6-4-5-7-11(14)15/h5-13,23-24H,4H2,1-3H3;3-10H2,1-2H3. The van der Waals surface area contributed by atoms with Crippen molar-refractivity contribution in [3.63, 3.8) is 0 Å². The van der Waals surface area contributed by atoms with Crippen molar-refractivity contribution in [3.8, 4) is 0 Å². The number of ketones is 1. The first-order chi connectivity index (χ1) is 21.1. The number of amides is 2. The quantitative estimate of drug-likeness (QED) is 0.167. The molecule has 0 bridgehead atoms. The second-order valence-corrected chi connectivity index (χ2v) is 10.6. The van der Waals surface area contributed by atoms with Crippen molar-refractivity contribution < 1.29 is 28.3 Å². The Bertz CT molecular complexity index is 1460. The van der Waals surface area contributed by atoms with Gasteiger partial charge in [0, 0.05) is 56.3 Å². The summed E-state index contributed by atoms with van der Waals surface area (Å²) in [5.41, 5.74) is 2.54. The molecule has 0 aliphatic carbocycles. The van der Waals surface area contributed by atoms with E-state index in [2.05, 4.69) is 10.6 Å². The van der Waals surface area contributed by atoms with Gasteiger partial charge in [-0.1, -0.05) is 25.5 Å². The minimum atomic E-state index is -0.403. The van der Waals surface area contributed by atoms with Crippen molar-refractivity contribution in [2.45, 2.75) is 52.9 Å². The molecule has 44 heavy (non-hydrogen) atoms. The van der Waals surface area contributed by atoms with E-state index >= 15 is 0 Å². The van der Waals surface area contributed by atoms with Gasteiger partial charge >= 0.3 is 5.97 Å². The fourth-order valence-electron chi connectivity index (χ4n) is 4.73. The Hall–Kier alpha value is -4.60. The third-order valence-electron chi connectivity index (χ3n) is 7.13. The Morgan fingerprint density at radius 3 is 2.43 bits per heavy atom. The van der Waals surface area contributed by atoms with E-state index < -0.39 is 5.97 Å². The first-order valence-electron chi connectivity index (χ1n) is 15.1. The molecule has 2 N–H and O–H groups in total. The van der Waals surface area contributed by atoms with Gasteiger partial charge in [-0.05, 0) is 69.5 Å². The van der Waals surface area contributed by atoms with Gasteiger partial charge in [0.15, 0.2) is 5.78 Å². The summed E-state index contributed by atoms with van der Waals surface area (Å²) >= 11 is 0. The number of furan rings is 1. The van der Waals surface area contributed by atoms with Gasteiger partial charge in [0.1, 0.15) is 17.2 Å². The molecule has 4 rings (SSSR count). The molecule has 10 nitrogen and oxygen atoms in total. The Morgan fingerprint density at radius 1 is 1.02 bits per heavy atom. The van der Waals surface area contributed by atoms with Crippen LogP contribution in [0, 0.1) is 6.92 Å². The summed E-state index contributed by atoms with van der Waals surface area (Å²) in [5.74, 6) is 0.997. The van der Waals surface area contributed by atoms with Crippen molar-refractivity contribution >= 4 is 40.2 Å². The SMILES string of the molecule is CCCN(C)C(=O)CN1CCCCCC1=O.CCOC(=O)c1ccc(C(=O)C=C(NC)Nc2ccc3oc(C)cc3c2)cc1. The number of carbonyl (C=O) groups excluding carboxylic acids is 4. The maximum atomic E-state index is 12.5. The topological polar surface area (TPSA) is 121 Å². The zero-order valence-corrected chi connectivity index (χ0v) is 26.4. The zero-order valence-electron chi connectivity index (χ0n) is 26.4. The highest BCUT2D eigenvalue weighted by Gasteiger charge is 2.20. The number of allylic oxidation sites excluding steroid dienone is 1. The van der Waals surface area contributed by atoms with Gasteiger partial charge in [-0.25, -0.2) is 4.79 Å². The number of esters is 1. The van der Waals surface area contributed by atoms with Crippen LogP contribution in [0.15, 0.2) is 64.8 Å². The number of rotatable bonds is 11. The number of likely N-dealkylation sites (tertiary alicyclic amines) is 1. The first-order valence-corrected chi connectivity index (χ1v) is 15.1. The van der Waals surface area contributed by atoms with E-state index in [1.54, 1.807) is 55.1 Å². The van der Waals surface area contributed by atoms with Gasteiger partial charge < -0.3 is 29.6 Å². The molecule has 10 heteroatoms. The second kappa shape index (κ2) is 16.9.